The molecule has 1 N–H and O–H groups in total. The van der Waals surface area contributed by atoms with Crippen LogP contribution in [0.4, 0.5) is 35.9 Å². The van der Waals surface area contributed by atoms with E-state index in [9.17, 15) is 28.0 Å². The number of nitrogens with one attached hydrogen (secondary N) is 1. The number of alkyl halides is 3. The van der Waals surface area contributed by atoms with Crippen molar-refractivity contribution in [1.29, 1.82) is 10.5 Å². The zero-order chi connectivity index (χ0) is 33.7. The Morgan fingerprint density at radius 1 is 1.06 bits per heavy atom. The fourth-order valence-corrected chi connectivity index (χ4v) is 7.36. The van der Waals surface area contributed by atoms with E-state index in [1.54, 1.807) is 41.1 Å². The molecule has 9 nitrogen and oxygen atoms in total. The van der Waals surface area contributed by atoms with Gasteiger partial charge in [0.15, 0.2) is 5.17 Å². The van der Waals surface area contributed by atoms with E-state index in [-0.39, 0.29) is 37.5 Å². The summed E-state index contributed by atoms with van der Waals surface area (Å²) in [6.07, 6.45) is -5.01. The smallest absolute Gasteiger partial charge is 0.384 e. The number of fused-ring (bicyclic) bond motifs is 1. The van der Waals surface area contributed by atoms with E-state index < -0.39 is 12.1 Å². The summed E-state index contributed by atoms with van der Waals surface area (Å²) >= 11 is 2.39. The molecule has 0 atom stereocenters. The second kappa shape index (κ2) is 14.2. The number of carbonyl (C=O) groups is 2. The summed E-state index contributed by atoms with van der Waals surface area (Å²) in [6, 6.07) is 23.1. The van der Waals surface area contributed by atoms with E-state index >= 15 is 0 Å². The number of aliphatic imine (C=N–C) groups is 1. The minimum Gasteiger partial charge on any atom is -0.384 e. The lowest BCUT2D eigenvalue weighted by Gasteiger charge is -2.24. The maximum absolute atomic E-state index is 14.1. The molecule has 240 valence electrons. The Balaban J connectivity index is 1.54. The van der Waals surface area contributed by atoms with Crippen LogP contribution in [0.3, 0.4) is 0 Å². The SMILES string of the molecule is CCNc1ccc(C#N)cc1N=C1S/C(=C2\Sc3cc(N(CCCC#N)C(=O)C(F)(F)F)ccc3N2C)C(=O)N1Cc1ccccc1. The number of hydrogen-bond acceptors (Lipinski definition) is 9. The van der Waals surface area contributed by atoms with Crippen molar-refractivity contribution in [1.82, 2.24) is 4.90 Å². The number of amidine groups is 1. The molecule has 0 bridgehead atoms. The maximum atomic E-state index is 14.1. The van der Waals surface area contributed by atoms with Crippen LogP contribution < -0.4 is 15.1 Å². The molecule has 2 aliphatic heterocycles. The monoisotopic (exact) mass is 675 g/mol. The van der Waals surface area contributed by atoms with Gasteiger partial charge < -0.3 is 15.1 Å². The van der Waals surface area contributed by atoms with Crippen LogP contribution in [0.15, 0.2) is 86.6 Å². The summed E-state index contributed by atoms with van der Waals surface area (Å²) in [5.74, 6) is -2.31. The first-order valence-electron chi connectivity index (χ1n) is 14.5. The molecule has 0 unspecified atom stereocenters. The fraction of sp³-hybridized carbons (Fsp3) is 0.242. The van der Waals surface area contributed by atoms with E-state index in [0.717, 1.165) is 5.56 Å². The number of amides is 2. The standard InChI is InChI=1S/C33H28F3N7O2S2/c1-3-39-24-13-11-22(19-38)17-25(24)40-32-43(20-21-9-5-4-6-10-21)29(44)28(47-32)30-41(2)26-14-12-23(18-27(26)46-30)42(16-8-7-15-37)31(45)33(34,35)36/h4-6,9-14,17-18,39H,3,7-8,16,20H2,1-2H3/b30-28-,40-32?. The average molecular weight is 676 g/mol. The van der Waals surface area contributed by atoms with Gasteiger partial charge in [-0.25, -0.2) is 4.99 Å². The molecule has 14 heteroatoms. The summed E-state index contributed by atoms with van der Waals surface area (Å²) < 4.78 is 40.4. The molecule has 47 heavy (non-hydrogen) atoms. The van der Waals surface area contributed by atoms with Gasteiger partial charge in [0.1, 0.15) is 4.91 Å². The highest BCUT2D eigenvalue weighted by Crippen LogP contribution is 2.51. The number of nitriles is 2. The number of anilines is 3. The molecule has 1 fully saturated rings. The van der Waals surface area contributed by atoms with Gasteiger partial charge in [-0.15, -0.1) is 0 Å². The first kappa shape index (κ1) is 33.4. The van der Waals surface area contributed by atoms with E-state index in [4.69, 9.17) is 10.3 Å². The molecule has 3 aromatic rings. The van der Waals surface area contributed by atoms with Crippen molar-refractivity contribution in [3.8, 4) is 12.1 Å². The van der Waals surface area contributed by atoms with Gasteiger partial charge in [-0.1, -0.05) is 42.1 Å². The molecule has 0 saturated carbocycles. The summed E-state index contributed by atoms with van der Waals surface area (Å²) in [4.78, 5) is 36.2. The minimum atomic E-state index is -5.09. The van der Waals surface area contributed by atoms with Gasteiger partial charge in [0.2, 0.25) is 0 Å². The summed E-state index contributed by atoms with van der Waals surface area (Å²) in [5.41, 5.74) is 3.19. The Labute approximate surface area is 278 Å². The molecule has 1 saturated heterocycles. The average Bonchev–Trinajstić information content (AvgIpc) is 3.54. The zero-order valence-electron chi connectivity index (χ0n) is 25.3. The quantitative estimate of drug-likeness (QED) is 0.185. The lowest BCUT2D eigenvalue weighted by atomic mass is 10.2. The summed E-state index contributed by atoms with van der Waals surface area (Å²) in [7, 11) is 1.76. The van der Waals surface area contributed by atoms with Crippen LogP contribution in [0.2, 0.25) is 0 Å². The van der Waals surface area contributed by atoms with Crippen molar-refractivity contribution in [2.24, 2.45) is 4.99 Å². The van der Waals surface area contributed by atoms with Crippen LogP contribution in [0, 0.1) is 22.7 Å². The second-order valence-corrected chi connectivity index (χ2v) is 12.4. The van der Waals surface area contributed by atoms with Crippen LogP contribution in [-0.4, -0.2) is 48.2 Å². The number of thioether (sulfide) groups is 2. The summed E-state index contributed by atoms with van der Waals surface area (Å²) in [6.45, 7) is 2.52. The van der Waals surface area contributed by atoms with E-state index in [1.165, 1.54) is 35.7 Å². The van der Waals surface area contributed by atoms with Crippen molar-refractivity contribution >= 4 is 63.3 Å². The van der Waals surface area contributed by atoms with Gasteiger partial charge in [0, 0.05) is 37.1 Å². The zero-order valence-corrected chi connectivity index (χ0v) is 27.0. The Bertz CT molecular complexity index is 1850. The Morgan fingerprint density at radius 3 is 2.51 bits per heavy atom. The number of benzene rings is 3. The fourth-order valence-electron chi connectivity index (χ4n) is 4.99. The van der Waals surface area contributed by atoms with Crippen LogP contribution in [0.25, 0.3) is 0 Å². The third-order valence-electron chi connectivity index (χ3n) is 7.24. The van der Waals surface area contributed by atoms with Crippen molar-refractivity contribution in [3.63, 3.8) is 0 Å². The molecule has 0 aromatic heterocycles. The second-order valence-electron chi connectivity index (χ2n) is 10.4. The number of halogens is 3. The lowest BCUT2D eigenvalue weighted by molar-refractivity contribution is -0.170. The van der Waals surface area contributed by atoms with Gasteiger partial charge in [-0.3, -0.25) is 14.5 Å². The highest BCUT2D eigenvalue weighted by atomic mass is 32.2. The van der Waals surface area contributed by atoms with Gasteiger partial charge in [0.25, 0.3) is 5.91 Å². The highest BCUT2D eigenvalue weighted by molar-refractivity contribution is 8.19. The van der Waals surface area contributed by atoms with Gasteiger partial charge >= 0.3 is 12.1 Å². The van der Waals surface area contributed by atoms with Crippen LogP contribution in [0.5, 0.6) is 0 Å². The van der Waals surface area contributed by atoms with Crippen molar-refractivity contribution in [2.75, 3.05) is 35.3 Å². The molecular weight excluding hydrogens is 648 g/mol. The van der Waals surface area contributed by atoms with Crippen molar-refractivity contribution in [3.05, 3.63) is 87.8 Å². The molecule has 2 heterocycles. The van der Waals surface area contributed by atoms with E-state index in [0.29, 0.717) is 54.1 Å². The first-order chi connectivity index (χ1) is 22.5. The molecular formula is C33H28F3N7O2S2. The van der Waals surface area contributed by atoms with Crippen LogP contribution >= 0.6 is 23.5 Å². The van der Waals surface area contributed by atoms with Crippen molar-refractivity contribution < 1.29 is 22.8 Å². The Hall–Kier alpha value is -4.92. The predicted molar refractivity (Wildman–Crippen MR) is 178 cm³/mol. The highest BCUT2D eigenvalue weighted by Gasteiger charge is 2.44. The number of nitrogens with zero attached hydrogens (tertiary/aromatic N) is 6. The molecule has 5 rings (SSSR count). The first-order valence-corrected chi connectivity index (χ1v) is 16.1. The number of carbonyl (C=O) groups excluding carboxylic acids is 2. The van der Waals surface area contributed by atoms with Crippen LogP contribution in [-0.2, 0) is 16.1 Å². The lowest BCUT2D eigenvalue weighted by Crippen LogP contribution is -2.41. The van der Waals surface area contributed by atoms with Gasteiger partial charge in [-0.05, 0) is 67.1 Å². The molecule has 0 spiro atoms. The number of unbranched alkanes of at least 4 members (excludes halogenated alkanes) is 1. The van der Waals surface area contributed by atoms with E-state index in [2.05, 4.69) is 11.4 Å². The third kappa shape index (κ3) is 7.24. The van der Waals surface area contributed by atoms with Crippen LogP contribution in [0.1, 0.15) is 30.9 Å². The largest absolute Gasteiger partial charge is 0.471 e. The molecule has 2 amide bonds. The maximum Gasteiger partial charge on any atom is 0.471 e. The number of rotatable bonds is 9. The van der Waals surface area contributed by atoms with E-state index in [1.807, 2.05) is 43.3 Å². The molecule has 0 aliphatic carbocycles. The predicted octanol–water partition coefficient (Wildman–Crippen LogP) is 7.36. The Kier molecular flexibility index (Phi) is 10.1. The third-order valence-corrected chi connectivity index (χ3v) is 9.65. The van der Waals surface area contributed by atoms with Crippen molar-refractivity contribution in [2.45, 2.75) is 37.4 Å². The minimum absolute atomic E-state index is 0.000178. The Morgan fingerprint density at radius 2 is 1.83 bits per heavy atom. The molecule has 3 aromatic carbocycles. The summed E-state index contributed by atoms with van der Waals surface area (Å²) in [5, 5.41) is 22.6. The van der Waals surface area contributed by atoms with Gasteiger partial charge in [-0.2, -0.15) is 23.7 Å². The molecule has 0 radical (unpaired) electrons. The van der Waals surface area contributed by atoms with Gasteiger partial charge in [0.05, 0.1) is 46.3 Å². The normalized spacial score (nSPS) is 16.7. The molecule has 2 aliphatic rings. The topological polar surface area (TPSA) is 116 Å². The number of hydrogen-bond donors (Lipinski definition) is 1.